The van der Waals surface area contributed by atoms with Crippen molar-refractivity contribution in [2.45, 2.75) is 62.8 Å². The van der Waals surface area contributed by atoms with Gasteiger partial charge in [-0.05, 0) is 55.4 Å². The number of nitrogens with one attached hydrogen (secondary N) is 1. The van der Waals surface area contributed by atoms with Crippen LogP contribution in [0.5, 0.6) is 0 Å². The molecule has 0 unspecified atom stereocenters. The first-order valence-corrected chi connectivity index (χ1v) is 14.0. The first-order valence-electron chi connectivity index (χ1n) is 12.4. The average molecular weight is 541 g/mol. The lowest BCUT2D eigenvalue weighted by molar-refractivity contribution is -0.184. The molecular weight excluding hydrogens is 509 g/mol. The lowest BCUT2D eigenvalue weighted by Gasteiger charge is -2.32. The van der Waals surface area contributed by atoms with E-state index in [1.54, 1.807) is 6.07 Å². The molecule has 0 radical (unpaired) electrons. The third kappa shape index (κ3) is 6.47. The van der Waals surface area contributed by atoms with E-state index in [-0.39, 0.29) is 29.4 Å². The summed E-state index contributed by atoms with van der Waals surface area (Å²) in [7, 11) is -3.41. The highest BCUT2D eigenvalue weighted by molar-refractivity contribution is 7.91. The van der Waals surface area contributed by atoms with E-state index < -0.39 is 40.5 Å². The summed E-state index contributed by atoms with van der Waals surface area (Å²) in [6.45, 7) is 2.96. The Morgan fingerprint density at radius 3 is 2.49 bits per heavy atom. The van der Waals surface area contributed by atoms with E-state index in [2.05, 4.69) is 20.2 Å². The first kappa shape index (κ1) is 27.5. The number of carbonyl (C=O) groups excluding carboxylic acids is 1. The van der Waals surface area contributed by atoms with E-state index >= 15 is 0 Å². The highest BCUT2D eigenvalue weighted by Gasteiger charge is 2.41. The van der Waals surface area contributed by atoms with Crippen molar-refractivity contribution in [3.63, 3.8) is 0 Å². The van der Waals surface area contributed by atoms with Crippen LogP contribution in [0.25, 0.3) is 0 Å². The number of fused-ring (bicyclic) bond motifs is 1. The molecule has 8 nitrogen and oxygen atoms in total. The fraction of sp³-hybridized carbons (Fsp3) is 0.560. The standard InChI is InChI=1S/C25H31F3N4O4S/c1-2-37(35,36)20-7-8-21(30-11-20)23(15-33)31-24(34)17-9-18-13-32(14-22(18)29-10-17)12-16-3-5-19(6-4-16)25(26,27)28/h7-11,16,19,23,33H,2-6,12-15H2,1H3,(H,31,34)/t16?,19?,23-/m0/s1. The molecule has 1 amide bonds. The molecule has 1 atom stereocenters. The van der Waals surface area contributed by atoms with Crippen LogP contribution in [0.2, 0.25) is 0 Å². The molecule has 202 valence electrons. The van der Waals surface area contributed by atoms with Gasteiger partial charge in [0.1, 0.15) is 0 Å². The van der Waals surface area contributed by atoms with E-state index in [0.717, 1.165) is 11.3 Å². The minimum absolute atomic E-state index is 0.0594. The molecule has 1 aliphatic carbocycles. The smallest absolute Gasteiger partial charge is 0.391 e. The zero-order valence-corrected chi connectivity index (χ0v) is 21.4. The molecule has 0 saturated heterocycles. The van der Waals surface area contributed by atoms with Gasteiger partial charge in [0, 0.05) is 32.0 Å². The number of sulfone groups is 1. The zero-order chi connectivity index (χ0) is 26.8. The monoisotopic (exact) mass is 540 g/mol. The number of carbonyl (C=O) groups is 1. The molecule has 1 saturated carbocycles. The number of aromatic nitrogens is 2. The van der Waals surface area contributed by atoms with Crippen LogP contribution in [-0.4, -0.2) is 59.4 Å². The molecule has 0 aromatic carbocycles. The highest BCUT2D eigenvalue weighted by Crippen LogP contribution is 2.40. The van der Waals surface area contributed by atoms with Gasteiger partial charge in [0.05, 0.1) is 46.2 Å². The number of rotatable bonds is 8. The van der Waals surface area contributed by atoms with E-state index in [1.165, 1.54) is 31.5 Å². The van der Waals surface area contributed by atoms with E-state index in [4.69, 9.17) is 0 Å². The van der Waals surface area contributed by atoms with Crippen LogP contribution in [0, 0.1) is 11.8 Å². The molecule has 37 heavy (non-hydrogen) atoms. The number of nitrogens with zero attached hydrogens (tertiary/aromatic N) is 3. The predicted octanol–water partition coefficient (Wildman–Crippen LogP) is 3.42. The van der Waals surface area contributed by atoms with Crippen molar-refractivity contribution in [1.29, 1.82) is 0 Å². The molecule has 0 spiro atoms. The van der Waals surface area contributed by atoms with E-state index in [9.17, 15) is 31.5 Å². The molecular formula is C25H31F3N4O4S. The van der Waals surface area contributed by atoms with Crippen LogP contribution in [0.3, 0.4) is 0 Å². The van der Waals surface area contributed by atoms with Crippen molar-refractivity contribution in [3.05, 3.63) is 53.1 Å². The fourth-order valence-corrected chi connectivity index (χ4v) is 5.84. The Labute approximate surface area is 214 Å². The maximum absolute atomic E-state index is 12.9. The second-order valence-electron chi connectivity index (χ2n) is 9.79. The molecule has 2 aliphatic rings. The quantitative estimate of drug-likeness (QED) is 0.528. The summed E-state index contributed by atoms with van der Waals surface area (Å²) < 4.78 is 62.8. The third-order valence-electron chi connectivity index (χ3n) is 7.26. The third-order valence-corrected chi connectivity index (χ3v) is 8.98. The van der Waals surface area contributed by atoms with Gasteiger partial charge in [-0.25, -0.2) is 8.42 Å². The molecule has 0 bridgehead atoms. The second kappa shape index (κ2) is 11.0. The number of alkyl halides is 3. The van der Waals surface area contributed by atoms with Crippen molar-refractivity contribution >= 4 is 15.7 Å². The highest BCUT2D eigenvalue weighted by atomic mass is 32.2. The van der Waals surface area contributed by atoms with Crippen molar-refractivity contribution in [3.8, 4) is 0 Å². The van der Waals surface area contributed by atoms with Crippen LogP contribution in [0.15, 0.2) is 35.5 Å². The normalized spacial score (nSPS) is 21.4. The fourth-order valence-electron chi connectivity index (χ4n) is 5.02. The number of amides is 1. The molecule has 2 N–H and O–H groups in total. The number of aliphatic hydroxyl groups excluding tert-OH is 1. The van der Waals surface area contributed by atoms with Gasteiger partial charge < -0.3 is 10.4 Å². The lowest BCUT2D eigenvalue weighted by atomic mass is 9.81. The summed E-state index contributed by atoms with van der Waals surface area (Å²) in [5.74, 6) is -1.49. The minimum Gasteiger partial charge on any atom is -0.394 e. The SMILES string of the molecule is CCS(=O)(=O)c1ccc([C@H](CO)NC(=O)c2cnc3c(c2)CN(CC2CCC(C(F)(F)F)CC2)C3)nc1. The Hall–Kier alpha value is -2.57. The largest absolute Gasteiger partial charge is 0.394 e. The van der Waals surface area contributed by atoms with Gasteiger partial charge in [0.2, 0.25) is 0 Å². The summed E-state index contributed by atoms with van der Waals surface area (Å²) in [6, 6.07) is 3.78. The topological polar surface area (TPSA) is 112 Å². The van der Waals surface area contributed by atoms with E-state index in [1.807, 2.05) is 0 Å². The minimum atomic E-state index is -4.11. The Bertz CT molecular complexity index is 1210. The molecule has 3 heterocycles. The summed E-state index contributed by atoms with van der Waals surface area (Å²) in [5, 5.41) is 12.5. The second-order valence-corrected chi connectivity index (χ2v) is 12.1. The van der Waals surface area contributed by atoms with Crippen molar-refractivity contribution in [2.75, 3.05) is 18.9 Å². The molecule has 4 rings (SSSR count). The number of hydrogen-bond acceptors (Lipinski definition) is 7. The van der Waals surface area contributed by atoms with Crippen molar-refractivity contribution in [1.82, 2.24) is 20.2 Å². The zero-order valence-electron chi connectivity index (χ0n) is 20.5. The van der Waals surface area contributed by atoms with Gasteiger partial charge in [0.15, 0.2) is 9.84 Å². The Morgan fingerprint density at radius 1 is 1.16 bits per heavy atom. The molecule has 1 fully saturated rings. The van der Waals surface area contributed by atoms with Crippen molar-refractivity contribution in [2.24, 2.45) is 11.8 Å². The van der Waals surface area contributed by atoms with Gasteiger partial charge in [-0.15, -0.1) is 0 Å². The summed E-state index contributed by atoms with van der Waals surface area (Å²) in [4.78, 5) is 23.6. The molecule has 12 heteroatoms. The van der Waals surface area contributed by atoms with Crippen molar-refractivity contribution < 1.29 is 31.5 Å². The average Bonchev–Trinajstić information content (AvgIpc) is 3.28. The number of halogens is 3. The number of pyridine rings is 2. The van der Waals surface area contributed by atoms with Gasteiger partial charge in [-0.3, -0.25) is 19.7 Å². The summed E-state index contributed by atoms with van der Waals surface area (Å²) in [6.07, 6.45) is 0.0281. The Kier molecular flexibility index (Phi) is 8.20. The van der Waals surface area contributed by atoms with Gasteiger partial charge in [0.25, 0.3) is 5.91 Å². The predicted molar refractivity (Wildman–Crippen MR) is 129 cm³/mol. The lowest BCUT2D eigenvalue weighted by Crippen LogP contribution is -2.32. The van der Waals surface area contributed by atoms with Gasteiger partial charge in [-0.2, -0.15) is 13.2 Å². The number of aliphatic hydroxyl groups is 1. The first-order chi connectivity index (χ1) is 17.5. The van der Waals surface area contributed by atoms with Crippen LogP contribution in [0.4, 0.5) is 13.2 Å². The van der Waals surface area contributed by atoms with Gasteiger partial charge in [-0.1, -0.05) is 6.92 Å². The van der Waals surface area contributed by atoms with E-state index in [0.29, 0.717) is 43.7 Å². The summed E-state index contributed by atoms with van der Waals surface area (Å²) >= 11 is 0. The maximum atomic E-state index is 12.9. The molecule has 2 aromatic rings. The maximum Gasteiger partial charge on any atom is 0.391 e. The van der Waals surface area contributed by atoms with Gasteiger partial charge >= 0.3 is 6.18 Å². The van der Waals surface area contributed by atoms with Crippen LogP contribution in [0.1, 0.15) is 66.0 Å². The Morgan fingerprint density at radius 2 is 1.89 bits per heavy atom. The Balaban J connectivity index is 1.35. The van der Waals surface area contributed by atoms with Crippen LogP contribution < -0.4 is 5.32 Å². The number of hydrogen-bond donors (Lipinski definition) is 2. The van der Waals surface area contributed by atoms with Crippen LogP contribution >= 0.6 is 0 Å². The van der Waals surface area contributed by atoms with Crippen LogP contribution in [-0.2, 0) is 22.9 Å². The molecule has 1 aliphatic heterocycles. The summed E-state index contributed by atoms with van der Waals surface area (Å²) in [5.41, 5.74) is 2.37. The molecule has 2 aromatic heterocycles.